The molecule has 0 spiro atoms. The zero-order valence-corrected chi connectivity index (χ0v) is 16.2. The third-order valence-electron chi connectivity index (χ3n) is 4.10. The topological polar surface area (TPSA) is 98.9 Å². The van der Waals surface area contributed by atoms with Crippen molar-refractivity contribution in [2.24, 2.45) is 0 Å². The van der Waals surface area contributed by atoms with Gasteiger partial charge in [-0.25, -0.2) is 8.42 Å². The fourth-order valence-corrected chi connectivity index (χ4v) is 4.04. The molecule has 0 radical (unpaired) electrons. The fraction of sp³-hybridized carbons (Fsp3) is 0.316. The maximum absolute atomic E-state index is 13.0. The summed E-state index contributed by atoms with van der Waals surface area (Å²) in [6.07, 6.45) is 0.466. The van der Waals surface area contributed by atoms with Crippen molar-refractivity contribution in [3.05, 3.63) is 54.1 Å². The van der Waals surface area contributed by atoms with E-state index >= 15 is 0 Å². The van der Waals surface area contributed by atoms with Gasteiger partial charge in [0.25, 0.3) is 0 Å². The first kappa shape index (κ1) is 20.7. The Balaban J connectivity index is 2.20. The summed E-state index contributed by atoms with van der Waals surface area (Å²) in [6.45, 7) is 0.250. The Kier molecular flexibility index (Phi) is 7.20. The second-order valence-electron chi connectivity index (χ2n) is 5.90. The van der Waals surface area contributed by atoms with Gasteiger partial charge in [0.1, 0.15) is 5.75 Å². The number of benzene rings is 2. The molecule has 0 aliphatic heterocycles. The van der Waals surface area contributed by atoms with Crippen LogP contribution in [-0.2, 0) is 26.0 Å². The third-order valence-corrected chi connectivity index (χ3v) is 5.99. The number of sulfonamides is 1. The van der Waals surface area contributed by atoms with Crippen LogP contribution in [0.5, 0.6) is 5.75 Å². The molecule has 0 amide bonds. The minimum atomic E-state index is -3.79. The molecule has 0 bridgehead atoms. The van der Waals surface area contributed by atoms with Crippen molar-refractivity contribution in [2.45, 2.75) is 17.7 Å². The van der Waals surface area contributed by atoms with Crippen LogP contribution in [0.1, 0.15) is 12.0 Å². The van der Waals surface area contributed by atoms with Crippen molar-refractivity contribution in [1.82, 2.24) is 4.31 Å². The summed E-state index contributed by atoms with van der Waals surface area (Å²) in [6, 6.07) is 13.5. The van der Waals surface area contributed by atoms with E-state index in [-0.39, 0.29) is 24.4 Å². The van der Waals surface area contributed by atoms with E-state index in [1.165, 1.54) is 23.5 Å². The summed E-state index contributed by atoms with van der Waals surface area (Å²) in [5, 5.41) is 0. The highest BCUT2D eigenvalue weighted by atomic mass is 32.2. The van der Waals surface area contributed by atoms with Crippen LogP contribution in [0.25, 0.3) is 0 Å². The molecule has 0 unspecified atom stereocenters. The van der Waals surface area contributed by atoms with Crippen LogP contribution >= 0.6 is 0 Å². The minimum absolute atomic E-state index is 0.0271. The van der Waals surface area contributed by atoms with E-state index in [0.29, 0.717) is 12.1 Å². The zero-order valence-electron chi connectivity index (χ0n) is 15.4. The number of esters is 1. The Morgan fingerprint density at radius 3 is 2.37 bits per heavy atom. The first-order valence-corrected chi connectivity index (χ1v) is 9.86. The van der Waals surface area contributed by atoms with Gasteiger partial charge >= 0.3 is 5.97 Å². The van der Waals surface area contributed by atoms with E-state index in [1.807, 2.05) is 24.3 Å². The van der Waals surface area contributed by atoms with Gasteiger partial charge < -0.3 is 15.2 Å². The monoisotopic (exact) mass is 392 g/mol. The SMILES string of the molecule is COC(=O)CCN(CCc1ccc(OC)cc1)S(=O)(=O)c1cccc(N)c1. The van der Waals surface area contributed by atoms with Crippen LogP contribution < -0.4 is 10.5 Å². The number of ether oxygens (including phenoxy) is 2. The summed E-state index contributed by atoms with van der Waals surface area (Å²) in [7, 11) is -0.930. The highest BCUT2D eigenvalue weighted by Gasteiger charge is 2.25. The van der Waals surface area contributed by atoms with Gasteiger partial charge in [-0.1, -0.05) is 18.2 Å². The highest BCUT2D eigenvalue weighted by Crippen LogP contribution is 2.20. The first-order chi connectivity index (χ1) is 12.9. The average molecular weight is 392 g/mol. The number of methoxy groups -OCH3 is 2. The molecular weight excluding hydrogens is 368 g/mol. The Morgan fingerprint density at radius 1 is 1.07 bits per heavy atom. The van der Waals surface area contributed by atoms with Gasteiger partial charge in [0.15, 0.2) is 0 Å². The fourth-order valence-electron chi connectivity index (χ4n) is 2.54. The van der Waals surface area contributed by atoms with Crippen LogP contribution in [-0.4, -0.2) is 46.0 Å². The second-order valence-corrected chi connectivity index (χ2v) is 7.84. The molecule has 0 aromatic heterocycles. The largest absolute Gasteiger partial charge is 0.497 e. The summed E-state index contributed by atoms with van der Waals surface area (Å²) < 4.78 is 37.0. The lowest BCUT2D eigenvalue weighted by Gasteiger charge is -2.22. The van der Waals surface area contributed by atoms with E-state index < -0.39 is 16.0 Å². The van der Waals surface area contributed by atoms with Gasteiger partial charge in [-0.2, -0.15) is 4.31 Å². The molecule has 7 nitrogen and oxygen atoms in total. The van der Waals surface area contributed by atoms with Gasteiger partial charge in [-0.05, 0) is 42.3 Å². The lowest BCUT2D eigenvalue weighted by atomic mass is 10.1. The van der Waals surface area contributed by atoms with Crippen molar-refractivity contribution in [1.29, 1.82) is 0 Å². The smallest absolute Gasteiger partial charge is 0.306 e. The average Bonchev–Trinajstić information content (AvgIpc) is 2.67. The van der Waals surface area contributed by atoms with Crippen LogP contribution in [0.3, 0.4) is 0 Å². The molecule has 2 N–H and O–H groups in total. The zero-order chi connectivity index (χ0) is 19.9. The van der Waals surface area contributed by atoms with Crippen molar-refractivity contribution in [3.63, 3.8) is 0 Å². The Hall–Kier alpha value is -2.58. The molecule has 0 saturated carbocycles. The van der Waals surface area contributed by atoms with Gasteiger partial charge in [-0.3, -0.25) is 4.79 Å². The maximum atomic E-state index is 13.0. The molecule has 2 aromatic carbocycles. The van der Waals surface area contributed by atoms with Gasteiger partial charge in [0.2, 0.25) is 10.0 Å². The standard InChI is InChI=1S/C19H24N2O5S/c1-25-17-8-6-15(7-9-17)10-12-21(13-11-19(22)26-2)27(23,24)18-5-3-4-16(20)14-18/h3-9,14H,10-13,20H2,1-2H3. The number of hydrogen-bond acceptors (Lipinski definition) is 6. The summed E-state index contributed by atoms with van der Waals surface area (Å²) in [4.78, 5) is 11.6. The van der Waals surface area contributed by atoms with Crippen LogP contribution in [0.15, 0.2) is 53.4 Å². The number of rotatable bonds is 9. The molecule has 27 heavy (non-hydrogen) atoms. The highest BCUT2D eigenvalue weighted by molar-refractivity contribution is 7.89. The van der Waals surface area contributed by atoms with E-state index in [4.69, 9.17) is 10.5 Å². The van der Waals surface area contributed by atoms with E-state index in [1.54, 1.807) is 19.2 Å². The normalized spacial score (nSPS) is 11.4. The van der Waals surface area contributed by atoms with Crippen molar-refractivity contribution < 1.29 is 22.7 Å². The molecule has 0 fully saturated rings. The quantitative estimate of drug-likeness (QED) is 0.518. The number of nitrogen functional groups attached to an aromatic ring is 1. The molecule has 0 atom stereocenters. The van der Waals surface area contributed by atoms with Crippen molar-refractivity contribution >= 4 is 21.7 Å². The maximum Gasteiger partial charge on any atom is 0.306 e. The van der Waals surface area contributed by atoms with Gasteiger partial charge in [0.05, 0.1) is 25.5 Å². The number of hydrogen-bond donors (Lipinski definition) is 1. The Bertz CT molecular complexity index is 866. The van der Waals surface area contributed by atoms with E-state index in [0.717, 1.165) is 11.3 Å². The first-order valence-electron chi connectivity index (χ1n) is 8.42. The van der Waals surface area contributed by atoms with Crippen LogP contribution in [0.2, 0.25) is 0 Å². The Labute approximate surface area is 159 Å². The van der Waals surface area contributed by atoms with Crippen molar-refractivity contribution in [2.75, 3.05) is 33.0 Å². The molecule has 0 saturated heterocycles. The molecule has 2 aromatic rings. The number of nitrogens with two attached hydrogens (primary N) is 1. The van der Waals surface area contributed by atoms with Crippen LogP contribution in [0.4, 0.5) is 5.69 Å². The second kappa shape index (κ2) is 9.38. The molecule has 0 heterocycles. The number of carbonyl (C=O) groups excluding carboxylic acids is 1. The lowest BCUT2D eigenvalue weighted by Crippen LogP contribution is -2.35. The molecule has 8 heteroatoms. The third kappa shape index (κ3) is 5.70. The van der Waals surface area contributed by atoms with Crippen molar-refractivity contribution in [3.8, 4) is 5.75 Å². The number of anilines is 1. The van der Waals surface area contributed by atoms with E-state index in [2.05, 4.69) is 4.74 Å². The lowest BCUT2D eigenvalue weighted by molar-refractivity contribution is -0.140. The molecule has 0 aliphatic rings. The molecular formula is C19H24N2O5S. The number of nitrogens with zero attached hydrogens (tertiary/aromatic N) is 1. The predicted octanol–water partition coefficient (Wildman–Crippen LogP) is 2.07. The van der Waals surface area contributed by atoms with Gasteiger partial charge in [-0.15, -0.1) is 0 Å². The summed E-state index contributed by atoms with van der Waals surface area (Å²) in [5.41, 5.74) is 7.04. The molecule has 146 valence electrons. The molecule has 0 aliphatic carbocycles. The molecule has 2 rings (SSSR count). The minimum Gasteiger partial charge on any atom is -0.497 e. The summed E-state index contributed by atoms with van der Waals surface area (Å²) >= 11 is 0. The Morgan fingerprint density at radius 2 is 1.78 bits per heavy atom. The van der Waals surface area contributed by atoms with Gasteiger partial charge in [0, 0.05) is 18.8 Å². The predicted molar refractivity (Wildman–Crippen MR) is 103 cm³/mol. The van der Waals surface area contributed by atoms with Crippen LogP contribution in [0, 0.1) is 0 Å². The number of carbonyl (C=O) groups is 1. The van der Waals surface area contributed by atoms with E-state index in [9.17, 15) is 13.2 Å². The summed E-state index contributed by atoms with van der Waals surface area (Å²) in [5.74, 6) is 0.265.